The van der Waals surface area contributed by atoms with Crippen LogP contribution in [-0.2, 0) is 6.54 Å². The quantitative estimate of drug-likeness (QED) is 0.799. The van der Waals surface area contributed by atoms with Crippen LogP contribution in [0.15, 0.2) is 0 Å². The summed E-state index contributed by atoms with van der Waals surface area (Å²) < 4.78 is 1.85. The highest BCUT2D eigenvalue weighted by Crippen LogP contribution is 2.18. The fourth-order valence-electron chi connectivity index (χ4n) is 1.60. The third-order valence-electron chi connectivity index (χ3n) is 2.59. The highest BCUT2D eigenvalue weighted by Gasteiger charge is 2.13. The Bertz CT molecular complexity index is 338. The molecule has 0 bridgehead atoms. The first-order valence-electron chi connectivity index (χ1n) is 5.63. The van der Waals surface area contributed by atoms with Gasteiger partial charge in [-0.25, -0.2) is 0 Å². The Hall–Kier alpha value is -0.580. The van der Waals surface area contributed by atoms with Crippen molar-refractivity contribution in [1.82, 2.24) is 15.1 Å². The molecule has 0 fully saturated rings. The second-order valence-corrected chi connectivity index (χ2v) is 4.38. The molecule has 0 aromatic carbocycles. The number of halogens is 1. The zero-order valence-corrected chi connectivity index (χ0v) is 10.9. The summed E-state index contributed by atoms with van der Waals surface area (Å²) in [5, 5.41) is 17.6. The molecule has 92 valence electrons. The summed E-state index contributed by atoms with van der Waals surface area (Å²) in [7, 11) is 0. The molecule has 1 atom stereocenters. The lowest BCUT2D eigenvalue weighted by molar-refractivity contribution is 0.225. The van der Waals surface area contributed by atoms with Crippen LogP contribution in [0, 0.1) is 13.8 Å². The maximum atomic E-state index is 9.24. The predicted octanol–water partition coefficient (Wildman–Crippen LogP) is 1.51. The zero-order valence-electron chi connectivity index (χ0n) is 10.1. The average molecular weight is 246 g/mol. The van der Waals surface area contributed by atoms with Crippen molar-refractivity contribution < 1.29 is 5.11 Å². The average Bonchev–Trinajstić information content (AvgIpc) is 2.52. The van der Waals surface area contributed by atoms with Gasteiger partial charge in [-0.3, -0.25) is 4.68 Å². The first-order chi connectivity index (χ1) is 7.60. The molecule has 1 heterocycles. The normalized spacial score (nSPS) is 13.1. The van der Waals surface area contributed by atoms with Crippen molar-refractivity contribution in [2.45, 2.75) is 39.8 Å². The Labute approximate surface area is 102 Å². The van der Waals surface area contributed by atoms with Gasteiger partial charge in [-0.05, 0) is 26.8 Å². The summed E-state index contributed by atoms with van der Waals surface area (Å²) in [6.45, 7) is 7.58. The van der Waals surface area contributed by atoms with Gasteiger partial charge in [-0.2, -0.15) is 5.10 Å². The number of aliphatic hydroxyl groups excluding tert-OH is 1. The second-order valence-electron chi connectivity index (χ2n) is 4.00. The summed E-state index contributed by atoms with van der Waals surface area (Å²) in [4.78, 5) is 0. The molecule has 1 aromatic rings. The fraction of sp³-hybridized carbons (Fsp3) is 0.727. The van der Waals surface area contributed by atoms with E-state index in [-0.39, 0.29) is 12.6 Å². The fourth-order valence-corrected chi connectivity index (χ4v) is 1.73. The SMILES string of the molecule is CCCNC(CO)Cn1nc(C)c(Cl)c1C. The zero-order chi connectivity index (χ0) is 12.1. The number of nitrogens with zero attached hydrogens (tertiary/aromatic N) is 2. The molecule has 0 spiro atoms. The van der Waals surface area contributed by atoms with Crippen LogP contribution in [0.4, 0.5) is 0 Å². The van der Waals surface area contributed by atoms with E-state index in [2.05, 4.69) is 17.3 Å². The van der Waals surface area contributed by atoms with Crippen molar-refractivity contribution in [3.8, 4) is 0 Å². The Morgan fingerprint density at radius 2 is 2.19 bits per heavy atom. The van der Waals surface area contributed by atoms with E-state index in [0.717, 1.165) is 24.4 Å². The molecule has 0 amide bonds. The number of aromatic nitrogens is 2. The summed E-state index contributed by atoms with van der Waals surface area (Å²) in [6, 6.07) is 0.0361. The van der Waals surface area contributed by atoms with Gasteiger partial charge >= 0.3 is 0 Å². The van der Waals surface area contributed by atoms with Crippen molar-refractivity contribution in [1.29, 1.82) is 0 Å². The van der Waals surface area contributed by atoms with Crippen LogP contribution < -0.4 is 5.32 Å². The molecule has 2 N–H and O–H groups in total. The Morgan fingerprint density at radius 3 is 2.62 bits per heavy atom. The maximum absolute atomic E-state index is 9.24. The molecule has 0 radical (unpaired) electrons. The lowest BCUT2D eigenvalue weighted by atomic mass is 10.3. The van der Waals surface area contributed by atoms with Gasteiger partial charge in [0.2, 0.25) is 0 Å². The van der Waals surface area contributed by atoms with Crippen molar-refractivity contribution in [2.75, 3.05) is 13.2 Å². The predicted molar refractivity (Wildman–Crippen MR) is 65.9 cm³/mol. The van der Waals surface area contributed by atoms with Crippen molar-refractivity contribution in [3.05, 3.63) is 16.4 Å². The van der Waals surface area contributed by atoms with Gasteiger partial charge < -0.3 is 10.4 Å². The smallest absolute Gasteiger partial charge is 0.0844 e. The van der Waals surface area contributed by atoms with Gasteiger partial charge in [0, 0.05) is 6.04 Å². The molecule has 1 rings (SSSR count). The second kappa shape index (κ2) is 6.23. The summed E-state index contributed by atoms with van der Waals surface area (Å²) in [5.41, 5.74) is 1.79. The topological polar surface area (TPSA) is 50.1 Å². The number of aliphatic hydroxyl groups is 1. The lowest BCUT2D eigenvalue weighted by Crippen LogP contribution is -2.37. The van der Waals surface area contributed by atoms with Crippen LogP contribution in [0.3, 0.4) is 0 Å². The van der Waals surface area contributed by atoms with Gasteiger partial charge in [0.15, 0.2) is 0 Å². The number of hydrogen-bond acceptors (Lipinski definition) is 3. The number of hydrogen-bond donors (Lipinski definition) is 2. The van der Waals surface area contributed by atoms with Crippen LogP contribution in [0.2, 0.25) is 5.02 Å². The maximum Gasteiger partial charge on any atom is 0.0844 e. The summed E-state index contributed by atoms with van der Waals surface area (Å²) >= 11 is 6.06. The van der Waals surface area contributed by atoms with Crippen molar-refractivity contribution in [2.24, 2.45) is 0 Å². The van der Waals surface area contributed by atoms with Gasteiger partial charge in [0.25, 0.3) is 0 Å². The van der Waals surface area contributed by atoms with E-state index in [0.29, 0.717) is 11.6 Å². The number of nitrogens with one attached hydrogen (secondary N) is 1. The van der Waals surface area contributed by atoms with Gasteiger partial charge in [-0.1, -0.05) is 18.5 Å². The van der Waals surface area contributed by atoms with E-state index >= 15 is 0 Å². The molecule has 16 heavy (non-hydrogen) atoms. The van der Waals surface area contributed by atoms with Gasteiger partial charge in [0.1, 0.15) is 0 Å². The molecule has 1 aromatic heterocycles. The highest BCUT2D eigenvalue weighted by molar-refractivity contribution is 6.31. The number of aryl methyl sites for hydroxylation is 1. The molecule has 0 aliphatic heterocycles. The largest absolute Gasteiger partial charge is 0.395 e. The van der Waals surface area contributed by atoms with E-state index in [1.165, 1.54) is 0 Å². The van der Waals surface area contributed by atoms with Gasteiger partial charge in [-0.15, -0.1) is 0 Å². The van der Waals surface area contributed by atoms with Crippen LogP contribution in [0.1, 0.15) is 24.7 Å². The minimum atomic E-state index is 0.0361. The van der Waals surface area contributed by atoms with Crippen molar-refractivity contribution in [3.63, 3.8) is 0 Å². The Kier molecular flexibility index (Phi) is 5.25. The number of rotatable bonds is 6. The minimum absolute atomic E-state index is 0.0361. The molecule has 4 nitrogen and oxygen atoms in total. The molecular weight excluding hydrogens is 226 g/mol. The third-order valence-corrected chi connectivity index (χ3v) is 3.14. The van der Waals surface area contributed by atoms with Crippen LogP contribution in [0.5, 0.6) is 0 Å². The lowest BCUT2D eigenvalue weighted by Gasteiger charge is -2.16. The van der Waals surface area contributed by atoms with Crippen LogP contribution in [0.25, 0.3) is 0 Å². The summed E-state index contributed by atoms with van der Waals surface area (Å²) in [5.74, 6) is 0. The van der Waals surface area contributed by atoms with Gasteiger partial charge in [0.05, 0.1) is 29.6 Å². The van der Waals surface area contributed by atoms with Crippen LogP contribution in [-0.4, -0.2) is 34.1 Å². The third kappa shape index (κ3) is 3.20. The van der Waals surface area contributed by atoms with Crippen LogP contribution >= 0.6 is 11.6 Å². The highest BCUT2D eigenvalue weighted by atomic mass is 35.5. The molecule has 1 unspecified atom stereocenters. The van der Waals surface area contributed by atoms with Crippen molar-refractivity contribution >= 4 is 11.6 Å². The Balaban J connectivity index is 2.66. The molecule has 0 saturated carbocycles. The van der Waals surface area contributed by atoms with E-state index in [1.807, 2.05) is 18.5 Å². The van der Waals surface area contributed by atoms with E-state index in [9.17, 15) is 5.11 Å². The monoisotopic (exact) mass is 245 g/mol. The van der Waals surface area contributed by atoms with E-state index < -0.39 is 0 Å². The molecular formula is C11H20ClN3O. The first-order valence-corrected chi connectivity index (χ1v) is 6.01. The Morgan fingerprint density at radius 1 is 1.50 bits per heavy atom. The molecule has 0 aliphatic rings. The summed E-state index contributed by atoms with van der Waals surface area (Å²) in [6.07, 6.45) is 1.05. The van der Waals surface area contributed by atoms with E-state index in [4.69, 9.17) is 11.6 Å². The van der Waals surface area contributed by atoms with E-state index in [1.54, 1.807) is 0 Å². The molecule has 0 aliphatic carbocycles. The first kappa shape index (κ1) is 13.5. The molecule has 5 heteroatoms. The molecule has 0 saturated heterocycles. The standard InChI is InChI=1S/C11H20ClN3O/c1-4-5-13-10(7-16)6-15-9(3)11(12)8(2)14-15/h10,13,16H,4-7H2,1-3H3. The minimum Gasteiger partial charge on any atom is -0.395 e.